The molecule has 1 saturated carbocycles. The van der Waals surface area contributed by atoms with Gasteiger partial charge in [0, 0.05) is 35.4 Å². The van der Waals surface area contributed by atoms with E-state index in [0.717, 1.165) is 34.0 Å². The topological polar surface area (TPSA) is 146 Å². The second-order valence-electron chi connectivity index (χ2n) is 10.1. The lowest BCUT2D eigenvalue weighted by Crippen LogP contribution is -2.17. The Balaban J connectivity index is 0.000000166. The first-order valence-electron chi connectivity index (χ1n) is 12.3. The summed E-state index contributed by atoms with van der Waals surface area (Å²) in [7, 11) is 1.63. The molecule has 1 aliphatic carbocycles. The van der Waals surface area contributed by atoms with Gasteiger partial charge in [-0.2, -0.15) is 15.3 Å². The minimum absolute atomic E-state index is 0.00417. The monoisotopic (exact) mass is 518 g/mol. The molecule has 0 spiro atoms. The fraction of sp³-hybridized carbons (Fsp3) is 0.357. The zero-order valence-corrected chi connectivity index (χ0v) is 22.4. The number of H-pyrrole nitrogens is 3. The number of hydrogen-bond donors (Lipinski definition) is 3. The second kappa shape index (κ2) is 12.8. The van der Waals surface area contributed by atoms with Crippen molar-refractivity contribution in [2.24, 2.45) is 0 Å². The summed E-state index contributed by atoms with van der Waals surface area (Å²) in [4.78, 5) is 32.7. The molecular formula is C28H34N6O4. The maximum Gasteiger partial charge on any atom is 0.267 e. The number of rotatable bonds is 4. The first-order valence-corrected chi connectivity index (χ1v) is 12.3. The highest BCUT2D eigenvalue weighted by atomic mass is 16.5. The SMILES string of the molecule is CC(C)(C)c1ccc(=O)[nH]n1.COc1ccc(Cc2cc(C)n[nH]c2=O)cc1.O=c1ccc(C2CC2)n[nH]1. The van der Waals surface area contributed by atoms with Crippen molar-refractivity contribution in [1.29, 1.82) is 0 Å². The zero-order valence-electron chi connectivity index (χ0n) is 22.4. The van der Waals surface area contributed by atoms with Gasteiger partial charge in [-0.1, -0.05) is 32.9 Å². The summed E-state index contributed by atoms with van der Waals surface area (Å²) in [5, 5.41) is 19.0. The molecule has 0 saturated heterocycles. The van der Waals surface area contributed by atoms with Crippen molar-refractivity contribution in [3.63, 3.8) is 0 Å². The molecule has 0 radical (unpaired) electrons. The van der Waals surface area contributed by atoms with Gasteiger partial charge in [0.2, 0.25) is 0 Å². The highest BCUT2D eigenvalue weighted by molar-refractivity contribution is 5.30. The first kappa shape index (κ1) is 28.2. The average molecular weight is 519 g/mol. The molecule has 0 unspecified atom stereocenters. The van der Waals surface area contributed by atoms with E-state index in [1.807, 2.05) is 58.0 Å². The highest BCUT2D eigenvalue weighted by Gasteiger charge is 2.24. The Bertz CT molecular complexity index is 1460. The van der Waals surface area contributed by atoms with E-state index in [9.17, 15) is 14.4 Å². The molecule has 5 rings (SSSR count). The summed E-state index contributed by atoms with van der Waals surface area (Å²) in [6.45, 7) is 8.00. The molecule has 1 aromatic carbocycles. The lowest BCUT2D eigenvalue weighted by molar-refractivity contribution is 0.414. The van der Waals surface area contributed by atoms with Gasteiger partial charge in [0.25, 0.3) is 16.7 Å². The molecule has 10 nitrogen and oxygen atoms in total. The van der Waals surface area contributed by atoms with E-state index in [0.29, 0.717) is 12.3 Å². The summed E-state index contributed by atoms with van der Waals surface area (Å²) < 4.78 is 5.08. The number of nitrogens with zero attached hydrogens (tertiary/aromatic N) is 3. The van der Waals surface area contributed by atoms with E-state index < -0.39 is 0 Å². The highest BCUT2D eigenvalue weighted by Crippen LogP contribution is 2.38. The van der Waals surface area contributed by atoms with E-state index in [-0.39, 0.29) is 22.1 Å². The predicted octanol–water partition coefficient (Wildman–Crippen LogP) is 3.39. The molecular weight excluding hydrogens is 484 g/mol. The number of benzene rings is 1. The minimum atomic E-state index is -0.155. The van der Waals surface area contributed by atoms with Crippen molar-refractivity contribution in [2.75, 3.05) is 7.11 Å². The fourth-order valence-corrected chi connectivity index (χ4v) is 3.38. The standard InChI is InChI=1S/C13H14N2O2.C8H12N2O.C7H8N2O/c1-9-7-11(13(16)15-14-9)8-10-3-5-12(17-2)6-4-10;1-8(2,3)6-4-5-7(11)10-9-6;10-7-4-3-6(8-9-7)5-1-2-5/h3-7H,8H2,1-2H3,(H,15,16);4-5H,1-3H3,(H,10,11);3-5H,1-2H2,(H,9,10). The van der Waals surface area contributed by atoms with Gasteiger partial charge in [-0.3, -0.25) is 14.4 Å². The van der Waals surface area contributed by atoms with Crippen molar-refractivity contribution in [1.82, 2.24) is 30.6 Å². The van der Waals surface area contributed by atoms with Crippen molar-refractivity contribution in [2.45, 2.75) is 58.3 Å². The summed E-state index contributed by atoms with van der Waals surface area (Å²) in [5.41, 5.74) is 4.13. The quantitative estimate of drug-likeness (QED) is 0.375. The third-order valence-corrected chi connectivity index (χ3v) is 5.71. The molecule has 1 aliphatic rings. The molecule has 3 heterocycles. The molecule has 3 aromatic heterocycles. The number of aryl methyl sites for hydroxylation is 1. The van der Waals surface area contributed by atoms with Crippen LogP contribution in [0.1, 0.15) is 67.7 Å². The maximum atomic E-state index is 11.6. The van der Waals surface area contributed by atoms with Crippen LogP contribution in [0.25, 0.3) is 0 Å². The Hall–Kier alpha value is -4.34. The summed E-state index contributed by atoms with van der Waals surface area (Å²) in [6.07, 6.45) is 3.04. The van der Waals surface area contributed by atoms with Crippen molar-refractivity contribution >= 4 is 0 Å². The minimum Gasteiger partial charge on any atom is -0.497 e. The number of aromatic amines is 3. The van der Waals surface area contributed by atoms with Gasteiger partial charge in [-0.25, -0.2) is 15.3 Å². The lowest BCUT2D eigenvalue weighted by Gasteiger charge is -2.15. The average Bonchev–Trinajstić information content (AvgIpc) is 3.73. The van der Waals surface area contributed by atoms with Crippen LogP contribution in [0.3, 0.4) is 0 Å². The van der Waals surface area contributed by atoms with E-state index in [1.54, 1.807) is 19.2 Å². The predicted molar refractivity (Wildman–Crippen MR) is 146 cm³/mol. The van der Waals surface area contributed by atoms with E-state index >= 15 is 0 Å². The van der Waals surface area contributed by atoms with Gasteiger partial charge in [0.05, 0.1) is 24.2 Å². The normalized spacial score (nSPS) is 12.4. The number of methoxy groups -OCH3 is 1. The Morgan fingerprint density at radius 3 is 1.97 bits per heavy atom. The van der Waals surface area contributed by atoms with Crippen LogP contribution in [0.2, 0.25) is 0 Å². The van der Waals surface area contributed by atoms with Crippen LogP contribution in [0, 0.1) is 6.92 Å². The molecule has 0 atom stereocenters. The van der Waals surface area contributed by atoms with Gasteiger partial charge in [-0.05, 0) is 55.7 Å². The Morgan fingerprint density at radius 1 is 0.842 bits per heavy atom. The first-order chi connectivity index (χ1) is 18.0. The summed E-state index contributed by atoms with van der Waals surface area (Å²) in [6, 6.07) is 16.1. The van der Waals surface area contributed by atoms with Gasteiger partial charge >= 0.3 is 0 Å². The van der Waals surface area contributed by atoms with Crippen LogP contribution < -0.4 is 21.4 Å². The molecule has 10 heteroatoms. The van der Waals surface area contributed by atoms with Gasteiger partial charge < -0.3 is 4.74 Å². The summed E-state index contributed by atoms with van der Waals surface area (Å²) >= 11 is 0. The maximum absolute atomic E-state index is 11.6. The van der Waals surface area contributed by atoms with Crippen LogP contribution in [0.4, 0.5) is 0 Å². The number of hydrogen-bond acceptors (Lipinski definition) is 7. The lowest BCUT2D eigenvalue weighted by atomic mass is 9.92. The third kappa shape index (κ3) is 8.95. The molecule has 4 aromatic rings. The van der Waals surface area contributed by atoms with Gasteiger partial charge in [0.15, 0.2) is 0 Å². The molecule has 1 fully saturated rings. The number of ether oxygens (including phenoxy) is 1. The molecule has 200 valence electrons. The van der Waals surface area contributed by atoms with Crippen LogP contribution in [0.15, 0.2) is 69.0 Å². The van der Waals surface area contributed by atoms with Crippen molar-refractivity contribution < 1.29 is 4.74 Å². The molecule has 38 heavy (non-hydrogen) atoms. The Kier molecular flexibility index (Phi) is 9.48. The van der Waals surface area contributed by atoms with Crippen LogP contribution in [0.5, 0.6) is 5.75 Å². The van der Waals surface area contributed by atoms with Gasteiger partial charge in [-0.15, -0.1) is 0 Å². The van der Waals surface area contributed by atoms with Crippen LogP contribution in [-0.4, -0.2) is 37.7 Å². The zero-order chi connectivity index (χ0) is 27.7. The Labute approximate surface area is 220 Å². The summed E-state index contributed by atoms with van der Waals surface area (Å²) in [5.74, 6) is 1.44. The third-order valence-electron chi connectivity index (χ3n) is 5.71. The van der Waals surface area contributed by atoms with Crippen LogP contribution in [-0.2, 0) is 11.8 Å². The van der Waals surface area contributed by atoms with Crippen molar-refractivity contribution in [3.8, 4) is 5.75 Å². The van der Waals surface area contributed by atoms with Gasteiger partial charge in [0.1, 0.15) is 5.75 Å². The smallest absolute Gasteiger partial charge is 0.267 e. The molecule has 0 amide bonds. The van der Waals surface area contributed by atoms with E-state index in [1.165, 1.54) is 25.0 Å². The fourth-order valence-electron chi connectivity index (χ4n) is 3.38. The largest absolute Gasteiger partial charge is 0.497 e. The Morgan fingerprint density at radius 2 is 1.47 bits per heavy atom. The van der Waals surface area contributed by atoms with Crippen molar-refractivity contribution in [3.05, 3.63) is 114 Å². The molecule has 3 N–H and O–H groups in total. The van der Waals surface area contributed by atoms with E-state index in [4.69, 9.17) is 4.74 Å². The molecule has 0 aliphatic heterocycles. The molecule has 0 bridgehead atoms. The number of aromatic nitrogens is 6. The van der Waals surface area contributed by atoms with E-state index in [2.05, 4.69) is 30.6 Å². The van der Waals surface area contributed by atoms with Crippen LogP contribution >= 0.6 is 0 Å². The second-order valence-corrected chi connectivity index (χ2v) is 10.1. The number of nitrogens with one attached hydrogen (secondary N) is 3.